The number of carbonyl (C=O) groups is 2. The first-order chi connectivity index (χ1) is 17.4. The topological polar surface area (TPSA) is 83.5 Å². The summed E-state index contributed by atoms with van der Waals surface area (Å²) in [7, 11) is 5.86. The van der Waals surface area contributed by atoms with Crippen LogP contribution >= 0.6 is 23.2 Å². The molecule has 2 saturated heterocycles. The molecule has 0 spiro atoms. The molecule has 0 atom stereocenters. The van der Waals surface area contributed by atoms with E-state index in [1.54, 1.807) is 17.1 Å². The summed E-state index contributed by atoms with van der Waals surface area (Å²) >= 11 is 12.1. The van der Waals surface area contributed by atoms with Crippen molar-refractivity contribution < 1.29 is 9.59 Å². The number of likely N-dealkylation sites (tertiary alicyclic amines) is 1. The summed E-state index contributed by atoms with van der Waals surface area (Å²) in [6.45, 7) is 7.32. The number of carbonyl (C=O) groups excluding carboxylic acids is 2. The summed E-state index contributed by atoms with van der Waals surface area (Å²) in [5, 5.41) is 13.0. The molecule has 4 rings (SSSR count). The molecular weight excluding hydrogens is 500 g/mol. The first kappa shape index (κ1) is 27.2. The van der Waals surface area contributed by atoms with Gasteiger partial charge in [0.1, 0.15) is 5.84 Å². The van der Waals surface area contributed by atoms with Crippen molar-refractivity contribution in [3.63, 3.8) is 0 Å². The summed E-state index contributed by atoms with van der Waals surface area (Å²) in [4.78, 5) is 31.3. The Morgan fingerprint density at radius 1 is 1.00 bits per heavy atom. The number of rotatable bonds is 8. The van der Waals surface area contributed by atoms with E-state index in [0.29, 0.717) is 60.8 Å². The van der Waals surface area contributed by atoms with Gasteiger partial charge in [-0.3, -0.25) is 24.4 Å². The number of halogens is 2. The number of amides is 2. The van der Waals surface area contributed by atoms with E-state index in [0.717, 1.165) is 57.8 Å². The lowest BCUT2D eigenvalue weighted by Gasteiger charge is -2.42. The Labute approximate surface area is 224 Å². The van der Waals surface area contributed by atoms with E-state index in [-0.39, 0.29) is 11.8 Å². The van der Waals surface area contributed by atoms with E-state index in [2.05, 4.69) is 25.5 Å². The molecule has 12 heteroatoms. The Balaban J connectivity index is 1.08. The predicted molar refractivity (Wildman–Crippen MR) is 145 cm³/mol. The monoisotopic (exact) mass is 533 g/mol. The number of hydrazone groups is 1. The van der Waals surface area contributed by atoms with Crippen molar-refractivity contribution in [3.8, 4) is 0 Å². The number of hydrogen-bond donors (Lipinski definition) is 2. The molecule has 36 heavy (non-hydrogen) atoms. The summed E-state index contributed by atoms with van der Waals surface area (Å²) in [6, 6.07) is 5.92. The lowest BCUT2D eigenvalue weighted by molar-refractivity contribution is -0.123. The molecule has 0 saturated carbocycles. The van der Waals surface area contributed by atoms with Gasteiger partial charge < -0.3 is 15.4 Å². The minimum atomic E-state index is -0.100. The maximum Gasteiger partial charge on any atom is 0.234 e. The van der Waals surface area contributed by atoms with Crippen molar-refractivity contribution in [2.24, 2.45) is 5.10 Å². The number of piperidine rings is 1. The molecule has 1 aromatic rings. The molecule has 0 bridgehead atoms. The normalized spacial score (nSPS) is 20.4. The SMILES string of the molecule is [B]N1CCN(C2CCN(CC(=O)NCCCC(=O)NC3=NN(c4ccc(Cl)c(Cl)c4)CC3)CC2)CC1. The standard InChI is InChI=1S/C24H34BCl2N7O2/c25-33-14-12-32(13-15-33)18-5-9-31(10-6-18)17-24(36)28-8-1-2-23(35)29-22-7-11-34(30-22)19-3-4-20(26)21(27)16-19/h3-4,16,18H,1-2,5-15,17H2,(H,28,36)(H,29,30,35). The lowest BCUT2D eigenvalue weighted by atomic mass is 10.0. The number of benzene rings is 1. The number of nitrogens with zero attached hydrogens (tertiary/aromatic N) is 5. The largest absolute Gasteiger partial charge is 0.355 e. The second-order valence-corrected chi connectivity index (χ2v) is 10.4. The Kier molecular flexibility index (Phi) is 9.90. The predicted octanol–water partition coefficient (Wildman–Crippen LogP) is 1.70. The van der Waals surface area contributed by atoms with E-state index < -0.39 is 0 Å². The van der Waals surface area contributed by atoms with E-state index in [1.165, 1.54) is 0 Å². The molecule has 3 heterocycles. The van der Waals surface area contributed by atoms with E-state index in [1.807, 2.05) is 10.9 Å². The lowest BCUT2D eigenvalue weighted by Crippen LogP contribution is -2.53. The van der Waals surface area contributed by atoms with Crippen LogP contribution < -0.4 is 15.6 Å². The average molecular weight is 534 g/mol. The molecule has 0 aliphatic carbocycles. The first-order valence-electron chi connectivity index (χ1n) is 12.7. The summed E-state index contributed by atoms with van der Waals surface area (Å²) in [5.41, 5.74) is 0.829. The zero-order valence-corrected chi connectivity index (χ0v) is 22.1. The van der Waals surface area contributed by atoms with Gasteiger partial charge in [0.15, 0.2) is 7.98 Å². The number of hydrogen-bond acceptors (Lipinski definition) is 7. The van der Waals surface area contributed by atoms with Crippen molar-refractivity contribution in [2.45, 2.75) is 38.1 Å². The third-order valence-electron chi connectivity index (χ3n) is 6.98. The summed E-state index contributed by atoms with van der Waals surface area (Å²) < 4.78 is 0. The van der Waals surface area contributed by atoms with Gasteiger partial charge in [0.25, 0.3) is 0 Å². The van der Waals surface area contributed by atoms with E-state index in [9.17, 15) is 9.59 Å². The van der Waals surface area contributed by atoms with Crippen molar-refractivity contribution in [3.05, 3.63) is 28.2 Å². The molecule has 3 aliphatic heterocycles. The van der Waals surface area contributed by atoms with Crippen LogP contribution in [0.5, 0.6) is 0 Å². The molecule has 3 aliphatic rings. The van der Waals surface area contributed by atoms with Crippen LogP contribution in [0.2, 0.25) is 10.0 Å². The van der Waals surface area contributed by atoms with Crippen LogP contribution in [0.1, 0.15) is 32.1 Å². The fraction of sp³-hybridized carbons (Fsp3) is 0.625. The Bertz CT molecular complexity index is 950. The first-order valence-corrected chi connectivity index (χ1v) is 13.5. The van der Waals surface area contributed by atoms with Gasteiger partial charge in [0.05, 0.1) is 22.3 Å². The second kappa shape index (κ2) is 13.1. The number of amidine groups is 1. The highest BCUT2D eigenvalue weighted by Gasteiger charge is 2.27. The molecule has 2 radical (unpaired) electrons. The van der Waals surface area contributed by atoms with Crippen LogP contribution in [0.25, 0.3) is 0 Å². The highest BCUT2D eigenvalue weighted by Crippen LogP contribution is 2.28. The quantitative estimate of drug-likeness (QED) is 0.391. The summed E-state index contributed by atoms with van der Waals surface area (Å²) in [6.07, 6.45) is 3.72. The number of piperazine rings is 1. The van der Waals surface area contributed by atoms with Crippen molar-refractivity contribution in [1.82, 2.24) is 25.2 Å². The fourth-order valence-electron chi connectivity index (χ4n) is 4.88. The van der Waals surface area contributed by atoms with Gasteiger partial charge in [-0.15, -0.1) is 0 Å². The van der Waals surface area contributed by atoms with Gasteiger partial charge in [0, 0.05) is 58.2 Å². The molecule has 0 unspecified atom stereocenters. The smallest absolute Gasteiger partial charge is 0.234 e. The molecule has 0 aromatic heterocycles. The minimum Gasteiger partial charge on any atom is -0.355 e. The number of nitrogens with one attached hydrogen (secondary N) is 2. The zero-order chi connectivity index (χ0) is 25.5. The third kappa shape index (κ3) is 7.83. The average Bonchev–Trinajstić information content (AvgIpc) is 3.33. The van der Waals surface area contributed by atoms with Gasteiger partial charge in [0.2, 0.25) is 11.8 Å². The Morgan fingerprint density at radius 2 is 1.75 bits per heavy atom. The van der Waals surface area contributed by atoms with Gasteiger partial charge in [-0.2, -0.15) is 5.10 Å². The van der Waals surface area contributed by atoms with E-state index in [4.69, 9.17) is 31.2 Å². The third-order valence-corrected chi connectivity index (χ3v) is 7.72. The van der Waals surface area contributed by atoms with Crippen molar-refractivity contribution in [1.29, 1.82) is 0 Å². The molecule has 194 valence electrons. The van der Waals surface area contributed by atoms with Gasteiger partial charge in [-0.05, 0) is 50.6 Å². The van der Waals surface area contributed by atoms with Crippen molar-refractivity contribution in [2.75, 3.05) is 63.9 Å². The highest BCUT2D eigenvalue weighted by molar-refractivity contribution is 6.42. The van der Waals surface area contributed by atoms with Crippen LogP contribution in [0.3, 0.4) is 0 Å². The maximum atomic E-state index is 12.3. The molecule has 2 fully saturated rings. The van der Waals surface area contributed by atoms with Crippen LogP contribution in [0.15, 0.2) is 23.3 Å². The van der Waals surface area contributed by atoms with Crippen LogP contribution in [0, 0.1) is 0 Å². The van der Waals surface area contributed by atoms with Crippen LogP contribution in [-0.4, -0.2) is 105 Å². The maximum absolute atomic E-state index is 12.3. The van der Waals surface area contributed by atoms with Gasteiger partial charge in [-0.1, -0.05) is 23.2 Å². The van der Waals surface area contributed by atoms with E-state index >= 15 is 0 Å². The molecule has 2 N–H and O–H groups in total. The highest BCUT2D eigenvalue weighted by atomic mass is 35.5. The molecule has 1 aromatic carbocycles. The molecule has 9 nitrogen and oxygen atoms in total. The minimum absolute atomic E-state index is 0.0167. The Hall–Kier alpha value is -1.85. The van der Waals surface area contributed by atoms with Crippen molar-refractivity contribution >= 4 is 54.5 Å². The molecule has 2 amide bonds. The van der Waals surface area contributed by atoms with Crippen LogP contribution in [0.4, 0.5) is 5.69 Å². The Morgan fingerprint density at radius 3 is 2.47 bits per heavy atom. The van der Waals surface area contributed by atoms with Gasteiger partial charge >= 0.3 is 0 Å². The molecular formula is C24H34BCl2N7O2. The zero-order valence-electron chi connectivity index (χ0n) is 20.6. The fourth-order valence-corrected chi connectivity index (χ4v) is 5.17. The summed E-state index contributed by atoms with van der Waals surface area (Å²) in [5.74, 6) is 0.544. The second-order valence-electron chi connectivity index (χ2n) is 9.60. The van der Waals surface area contributed by atoms with Gasteiger partial charge in [-0.25, -0.2) is 0 Å². The number of anilines is 1. The van der Waals surface area contributed by atoms with Crippen LogP contribution in [-0.2, 0) is 9.59 Å².